The number of nitrogens with one attached hydrogen (secondary N) is 1. The van der Waals surface area contributed by atoms with Crippen LogP contribution in [-0.4, -0.2) is 69.0 Å². The van der Waals surface area contributed by atoms with Gasteiger partial charge in [-0.05, 0) is 31.6 Å². The van der Waals surface area contributed by atoms with E-state index < -0.39 is 24.4 Å². The average molecular weight is 428 g/mol. The summed E-state index contributed by atoms with van der Waals surface area (Å²) in [6, 6.07) is 0. The third-order valence-corrected chi connectivity index (χ3v) is 5.67. The van der Waals surface area contributed by atoms with Gasteiger partial charge in [-0.1, -0.05) is 50.5 Å². The van der Waals surface area contributed by atoms with Crippen LogP contribution in [0.15, 0.2) is 24.3 Å². The van der Waals surface area contributed by atoms with Crippen molar-refractivity contribution in [1.82, 2.24) is 5.32 Å². The minimum Gasteiger partial charge on any atom is -0.394 e. The molecule has 6 atom stereocenters. The number of aliphatic hydroxyl groups excluding tert-OH is 5. The van der Waals surface area contributed by atoms with Crippen molar-refractivity contribution in [2.24, 2.45) is 11.8 Å². The van der Waals surface area contributed by atoms with Crippen LogP contribution in [0.2, 0.25) is 0 Å². The van der Waals surface area contributed by atoms with Gasteiger partial charge in [0.2, 0.25) is 5.91 Å². The van der Waals surface area contributed by atoms with E-state index in [0.29, 0.717) is 32.1 Å². The summed E-state index contributed by atoms with van der Waals surface area (Å²) in [6.07, 6.45) is 11.6. The van der Waals surface area contributed by atoms with Gasteiger partial charge in [0.1, 0.15) is 0 Å². The fourth-order valence-corrected chi connectivity index (χ4v) is 3.80. The van der Waals surface area contributed by atoms with Crippen molar-refractivity contribution in [3.8, 4) is 0 Å². The zero-order chi connectivity index (χ0) is 22.4. The number of amides is 1. The molecule has 1 rings (SSSR count). The molecule has 30 heavy (non-hydrogen) atoms. The lowest BCUT2D eigenvalue weighted by atomic mass is 9.89. The molecule has 0 aromatic rings. The number of rotatable bonds is 15. The second-order valence-electron chi connectivity index (χ2n) is 8.30. The number of aliphatic hydroxyl groups is 5. The molecule has 1 fully saturated rings. The van der Waals surface area contributed by atoms with E-state index in [1.807, 2.05) is 18.2 Å². The second-order valence-corrected chi connectivity index (χ2v) is 8.30. The Morgan fingerprint density at radius 3 is 2.60 bits per heavy atom. The van der Waals surface area contributed by atoms with Crippen LogP contribution in [0.3, 0.4) is 0 Å². The summed E-state index contributed by atoms with van der Waals surface area (Å²) in [5, 5.41) is 51.1. The standard InChI is InChI=1S/C23H41NO6/c1-2-3-6-9-17(26)12-13-20-19(21(28)14-22(20)29)10-7-4-5-8-11-23(30)24-15-18(27)16-25/h4,7,12-13,17-22,25-29H,2-3,5-6,8-11,14-16H2,1H3,(H,24,30)/b7-4-,13-12+/t17-,18?,19+,20+,21-,22+/m0/s1. The molecule has 1 unspecified atom stereocenters. The molecule has 7 heteroatoms. The molecule has 0 heterocycles. The predicted octanol–water partition coefficient (Wildman–Crippen LogP) is 1.43. The Hall–Kier alpha value is -1.25. The Kier molecular flexibility index (Phi) is 13.9. The summed E-state index contributed by atoms with van der Waals surface area (Å²) in [7, 11) is 0. The number of allylic oxidation sites excluding steroid dienone is 2. The summed E-state index contributed by atoms with van der Waals surface area (Å²) in [6.45, 7) is 1.80. The van der Waals surface area contributed by atoms with E-state index in [2.05, 4.69) is 12.2 Å². The first-order chi connectivity index (χ1) is 14.4. The van der Waals surface area contributed by atoms with E-state index in [-0.39, 0.29) is 30.9 Å². The molecule has 7 nitrogen and oxygen atoms in total. The molecule has 174 valence electrons. The van der Waals surface area contributed by atoms with Crippen LogP contribution < -0.4 is 5.32 Å². The number of hydrogen-bond acceptors (Lipinski definition) is 6. The molecule has 1 aliphatic rings. The molecule has 1 amide bonds. The molecule has 0 aliphatic heterocycles. The van der Waals surface area contributed by atoms with Crippen molar-refractivity contribution >= 4 is 5.91 Å². The smallest absolute Gasteiger partial charge is 0.220 e. The van der Waals surface area contributed by atoms with Gasteiger partial charge in [0.15, 0.2) is 0 Å². The predicted molar refractivity (Wildman–Crippen MR) is 117 cm³/mol. The molecule has 0 spiro atoms. The topological polar surface area (TPSA) is 130 Å². The third-order valence-electron chi connectivity index (χ3n) is 5.67. The molecular formula is C23H41NO6. The van der Waals surface area contributed by atoms with Gasteiger partial charge in [0.05, 0.1) is 31.0 Å². The van der Waals surface area contributed by atoms with Crippen molar-refractivity contribution in [2.45, 2.75) is 89.1 Å². The molecule has 6 N–H and O–H groups in total. The molecule has 1 saturated carbocycles. The van der Waals surface area contributed by atoms with E-state index in [1.54, 1.807) is 6.08 Å². The van der Waals surface area contributed by atoms with Crippen molar-refractivity contribution in [3.63, 3.8) is 0 Å². The van der Waals surface area contributed by atoms with Gasteiger partial charge in [0, 0.05) is 25.3 Å². The van der Waals surface area contributed by atoms with E-state index >= 15 is 0 Å². The molecule has 0 bridgehead atoms. The van der Waals surface area contributed by atoms with Gasteiger partial charge < -0.3 is 30.8 Å². The van der Waals surface area contributed by atoms with Crippen LogP contribution >= 0.6 is 0 Å². The highest BCUT2D eigenvalue weighted by molar-refractivity contribution is 5.75. The normalized spacial score (nSPS) is 26.5. The molecule has 1 aliphatic carbocycles. The minimum absolute atomic E-state index is 0.0509. The molecule has 0 aromatic carbocycles. The Morgan fingerprint density at radius 2 is 1.90 bits per heavy atom. The Balaban J connectivity index is 2.36. The average Bonchev–Trinajstić information content (AvgIpc) is 2.99. The van der Waals surface area contributed by atoms with Crippen LogP contribution in [0.4, 0.5) is 0 Å². The van der Waals surface area contributed by atoms with Gasteiger partial charge in [-0.25, -0.2) is 0 Å². The maximum absolute atomic E-state index is 11.6. The zero-order valence-electron chi connectivity index (χ0n) is 18.2. The van der Waals surface area contributed by atoms with Crippen molar-refractivity contribution in [1.29, 1.82) is 0 Å². The maximum Gasteiger partial charge on any atom is 0.220 e. The van der Waals surface area contributed by atoms with E-state index in [1.165, 1.54) is 0 Å². The zero-order valence-corrected chi connectivity index (χ0v) is 18.2. The van der Waals surface area contributed by atoms with E-state index in [0.717, 1.165) is 25.7 Å². The van der Waals surface area contributed by atoms with Gasteiger partial charge in [-0.3, -0.25) is 4.79 Å². The van der Waals surface area contributed by atoms with Crippen molar-refractivity contribution in [2.75, 3.05) is 13.2 Å². The number of carbonyl (C=O) groups excluding carboxylic acids is 1. The molecule has 0 radical (unpaired) electrons. The highest BCUT2D eigenvalue weighted by Gasteiger charge is 2.39. The summed E-state index contributed by atoms with van der Waals surface area (Å²) >= 11 is 0. The van der Waals surface area contributed by atoms with E-state index in [4.69, 9.17) is 5.11 Å². The molecular weight excluding hydrogens is 386 g/mol. The van der Waals surface area contributed by atoms with Gasteiger partial charge >= 0.3 is 0 Å². The fourth-order valence-electron chi connectivity index (χ4n) is 3.80. The highest BCUT2D eigenvalue weighted by Crippen LogP contribution is 2.36. The monoisotopic (exact) mass is 427 g/mol. The van der Waals surface area contributed by atoms with Crippen LogP contribution in [0.25, 0.3) is 0 Å². The van der Waals surface area contributed by atoms with Crippen molar-refractivity contribution < 1.29 is 30.3 Å². The number of carbonyl (C=O) groups is 1. The second kappa shape index (κ2) is 15.5. The first kappa shape index (κ1) is 26.8. The van der Waals surface area contributed by atoms with Crippen LogP contribution in [0, 0.1) is 11.8 Å². The Morgan fingerprint density at radius 1 is 1.13 bits per heavy atom. The summed E-state index contributed by atoms with van der Waals surface area (Å²) in [5.74, 6) is -0.416. The van der Waals surface area contributed by atoms with Crippen LogP contribution in [0.1, 0.15) is 64.7 Å². The first-order valence-corrected chi connectivity index (χ1v) is 11.3. The fraction of sp³-hybridized carbons (Fsp3) is 0.783. The quantitative estimate of drug-likeness (QED) is 0.173. The van der Waals surface area contributed by atoms with Crippen LogP contribution in [-0.2, 0) is 4.79 Å². The van der Waals surface area contributed by atoms with Gasteiger partial charge in [-0.2, -0.15) is 0 Å². The maximum atomic E-state index is 11.6. The summed E-state index contributed by atoms with van der Waals surface area (Å²) in [4.78, 5) is 11.6. The first-order valence-electron chi connectivity index (χ1n) is 11.3. The molecule has 0 saturated heterocycles. The number of unbranched alkanes of at least 4 members (excludes halogenated alkanes) is 3. The number of hydrogen-bond donors (Lipinski definition) is 6. The van der Waals surface area contributed by atoms with Gasteiger partial charge in [0.25, 0.3) is 0 Å². The summed E-state index contributed by atoms with van der Waals surface area (Å²) < 4.78 is 0. The van der Waals surface area contributed by atoms with E-state index in [9.17, 15) is 25.2 Å². The third kappa shape index (κ3) is 10.7. The Bertz CT molecular complexity index is 524. The van der Waals surface area contributed by atoms with Crippen molar-refractivity contribution in [3.05, 3.63) is 24.3 Å². The summed E-state index contributed by atoms with van der Waals surface area (Å²) in [5.41, 5.74) is 0. The highest BCUT2D eigenvalue weighted by atomic mass is 16.3. The Labute approximate surface area is 180 Å². The van der Waals surface area contributed by atoms with Crippen LogP contribution in [0.5, 0.6) is 0 Å². The lowest BCUT2D eigenvalue weighted by Gasteiger charge is -2.19. The minimum atomic E-state index is -0.929. The SMILES string of the molecule is CCCCC[C@H](O)/C=C/[C@@H]1[C@@H](C/C=C\CCCC(=O)NCC(O)CO)[C@@H](O)C[C@H]1O. The lowest BCUT2D eigenvalue weighted by molar-refractivity contribution is -0.121. The largest absolute Gasteiger partial charge is 0.394 e. The molecule has 0 aromatic heterocycles. The lowest BCUT2D eigenvalue weighted by Crippen LogP contribution is -2.33. The van der Waals surface area contributed by atoms with Gasteiger partial charge in [-0.15, -0.1) is 0 Å².